The summed E-state index contributed by atoms with van der Waals surface area (Å²) in [5.74, 6) is -2.63. The Bertz CT molecular complexity index is 821. The Labute approximate surface area is 159 Å². The molecule has 2 N–H and O–H groups in total. The number of hydrogen-bond donors (Lipinski definition) is 2. The molecule has 0 radical (unpaired) electrons. The van der Waals surface area contributed by atoms with Crippen molar-refractivity contribution in [3.05, 3.63) is 42.5 Å². The van der Waals surface area contributed by atoms with Crippen molar-refractivity contribution in [2.45, 2.75) is 25.6 Å². The normalized spacial score (nSPS) is 16.1. The number of alkyl halides is 3. The van der Waals surface area contributed by atoms with E-state index in [0.29, 0.717) is 6.54 Å². The molecule has 0 atom stereocenters. The van der Waals surface area contributed by atoms with Crippen LogP contribution in [0.1, 0.15) is 24.5 Å². The van der Waals surface area contributed by atoms with Gasteiger partial charge in [-0.25, -0.2) is 14.5 Å². The maximum atomic E-state index is 12.6. The summed E-state index contributed by atoms with van der Waals surface area (Å²) in [4.78, 5) is 27.5. The monoisotopic (exact) mass is 399 g/mol. The number of amides is 1. The topological polar surface area (TPSA) is 100 Å². The maximum absolute atomic E-state index is 12.6. The maximum Gasteiger partial charge on any atom is 0.490 e. The van der Waals surface area contributed by atoms with Crippen LogP contribution in [0.4, 0.5) is 13.2 Å². The highest BCUT2D eigenvalue weighted by Gasteiger charge is 2.38. The fraction of sp³-hybridized carbons (Fsp3) is 0.412. The second-order valence-electron chi connectivity index (χ2n) is 6.60. The zero-order valence-corrected chi connectivity index (χ0v) is 15.3. The summed E-state index contributed by atoms with van der Waals surface area (Å²) in [6, 6.07) is 9.65. The van der Waals surface area contributed by atoms with E-state index in [-0.39, 0.29) is 17.3 Å². The minimum Gasteiger partial charge on any atom is -0.475 e. The second kappa shape index (κ2) is 8.38. The lowest BCUT2D eigenvalue weighted by atomic mass is 10.00. The van der Waals surface area contributed by atoms with Crippen LogP contribution < -0.4 is 5.32 Å². The number of hydrogen-bond acceptors (Lipinski definition) is 5. The summed E-state index contributed by atoms with van der Waals surface area (Å²) < 4.78 is 33.4. The number of nitrogens with zero attached hydrogens (tertiary/aromatic N) is 4. The van der Waals surface area contributed by atoms with Gasteiger partial charge in [0.1, 0.15) is 6.33 Å². The molecule has 8 nitrogen and oxygen atoms in total. The summed E-state index contributed by atoms with van der Waals surface area (Å²) in [7, 11) is 0. The van der Waals surface area contributed by atoms with Gasteiger partial charge in [-0.15, -0.1) is 5.10 Å². The van der Waals surface area contributed by atoms with Gasteiger partial charge in [0.2, 0.25) is 5.82 Å². The van der Waals surface area contributed by atoms with Gasteiger partial charge in [0.05, 0.1) is 11.2 Å². The number of carbonyl (C=O) groups is 2. The molecule has 0 spiro atoms. The Hall–Kier alpha value is -2.95. The average molecular weight is 399 g/mol. The van der Waals surface area contributed by atoms with E-state index in [1.165, 1.54) is 0 Å². The van der Waals surface area contributed by atoms with E-state index < -0.39 is 12.1 Å². The number of benzene rings is 1. The van der Waals surface area contributed by atoms with E-state index in [2.05, 4.69) is 15.4 Å². The zero-order chi connectivity index (χ0) is 20.9. The zero-order valence-electron chi connectivity index (χ0n) is 15.3. The van der Waals surface area contributed by atoms with E-state index in [1.54, 1.807) is 11.0 Å². The number of para-hydroxylation sites is 1. The number of aromatic nitrogens is 3. The van der Waals surface area contributed by atoms with Crippen molar-refractivity contribution in [1.29, 1.82) is 0 Å². The fourth-order valence-electron chi connectivity index (χ4n) is 2.55. The van der Waals surface area contributed by atoms with E-state index in [9.17, 15) is 18.0 Å². The Morgan fingerprint density at radius 1 is 1.21 bits per heavy atom. The van der Waals surface area contributed by atoms with Gasteiger partial charge in [-0.2, -0.15) is 13.2 Å². The molecule has 1 fully saturated rings. The van der Waals surface area contributed by atoms with E-state index in [4.69, 9.17) is 9.90 Å². The second-order valence-corrected chi connectivity index (χ2v) is 6.60. The van der Waals surface area contributed by atoms with Crippen LogP contribution in [0.15, 0.2) is 36.7 Å². The minimum absolute atomic E-state index is 0.115. The van der Waals surface area contributed by atoms with E-state index in [0.717, 1.165) is 18.8 Å². The highest BCUT2D eigenvalue weighted by atomic mass is 19.4. The molecule has 152 valence electrons. The first-order valence-corrected chi connectivity index (χ1v) is 8.32. The molecule has 28 heavy (non-hydrogen) atoms. The average Bonchev–Trinajstić information content (AvgIpc) is 3.11. The Balaban J connectivity index is 0.000000345. The summed E-state index contributed by atoms with van der Waals surface area (Å²) in [6.07, 6.45) is -3.50. The van der Waals surface area contributed by atoms with Crippen molar-refractivity contribution in [3.8, 4) is 5.69 Å². The van der Waals surface area contributed by atoms with Crippen LogP contribution in [-0.2, 0) is 4.79 Å². The number of aliphatic carboxylic acids is 1. The molecule has 1 amide bonds. The fourth-order valence-corrected chi connectivity index (χ4v) is 2.55. The molecular weight excluding hydrogens is 379 g/mol. The minimum atomic E-state index is -5.08. The van der Waals surface area contributed by atoms with Gasteiger partial charge < -0.3 is 15.3 Å². The smallest absolute Gasteiger partial charge is 0.475 e. The lowest BCUT2D eigenvalue weighted by Crippen LogP contribution is -2.60. The van der Waals surface area contributed by atoms with E-state index in [1.807, 2.05) is 49.1 Å². The molecule has 0 aliphatic carbocycles. The number of carbonyl (C=O) groups excluding carboxylic acids is 1. The van der Waals surface area contributed by atoms with Gasteiger partial charge in [-0.05, 0) is 26.0 Å². The molecule has 1 saturated heterocycles. The predicted octanol–water partition coefficient (Wildman–Crippen LogP) is 1.72. The predicted molar refractivity (Wildman–Crippen MR) is 93.0 cm³/mol. The first-order chi connectivity index (χ1) is 13.0. The molecule has 0 unspecified atom stereocenters. The van der Waals surface area contributed by atoms with Crippen molar-refractivity contribution < 1.29 is 27.9 Å². The van der Waals surface area contributed by atoms with Crippen LogP contribution in [0.3, 0.4) is 0 Å². The van der Waals surface area contributed by atoms with Crippen LogP contribution in [0.2, 0.25) is 0 Å². The molecule has 2 aromatic rings. The van der Waals surface area contributed by atoms with Gasteiger partial charge >= 0.3 is 12.1 Å². The van der Waals surface area contributed by atoms with Crippen molar-refractivity contribution in [2.24, 2.45) is 0 Å². The molecule has 1 aromatic heterocycles. The Morgan fingerprint density at radius 3 is 2.36 bits per heavy atom. The molecule has 1 aromatic carbocycles. The van der Waals surface area contributed by atoms with Crippen LogP contribution in [0.25, 0.3) is 5.69 Å². The number of halogens is 3. The standard InChI is InChI=1S/C15H19N5O.C2HF3O2/c1-15(2)10-16-8-9-19(15)14(21)13-17-11-20(18-13)12-6-4-3-5-7-12;3-2(4,5)1(6)7/h3-7,11,16H,8-10H2,1-2H3;(H,6,7). The number of carboxylic acid groups (broad SMARTS) is 1. The number of nitrogens with one attached hydrogen (secondary N) is 1. The van der Waals surface area contributed by atoms with Crippen LogP contribution in [0.5, 0.6) is 0 Å². The molecule has 2 heterocycles. The van der Waals surface area contributed by atoms with Gasteiger partial charge in [-0.1, -0.05) is 18.2 Å². The van der Waals surface area contributed by atoms with Crippen molar-refractivity contribution in [1.82, 2.24) is 25.0 Å². The molecule has 3 rings (SSSR count). The van der Waals surface area contributed by atoms with Crippen LogP contribution in [0, 0.1) is 0 Å². The number of carboxylic acids is 1. The quantitative estimate of drug-likeness (QED) is 0.798. The largest absolute Gasteiger partial charge is 0.490 e. The summed E-state index contributed by atoms with van der Waals surface area (Å²) in [5, 5.41) is 14.7. The molecule has 1 aliphatic heterocycles. The number of rotatable bonds is 2. The third kappa shape index (κ3) is 5.28. The SMILES string of the molecule is CC1(C)CNCCN1C(=O)c1ncn(-c2ccccc2)n1.O=C(O)C(F)(F)F. The van der Waals surface area contributed by atoms with Crippen molar-refractivity contribution in [3.63, 3.8) is 0 Å². The third-order valence-electron chi connectivity index (χ3n) is 3.99. The highest BCUT2D eigenvalue weighted by molar-refractivity contribution is 5.91. The summed E-state index contributed by atoms with van der Waals surface area (Å²) >= 11 is 0. The molecule has 0 saturated carbocycles. The van der Waals surface area contributed by atoms with Gasteiger partial charge in [0, 0.05) is 19.6 Å². The number of piperazine rings is 1. The molecular formula is C17H20F3N5O3. The first kappa shape index (κ1) is 21.4. The lowest BCUT2D eigenvalue weighted by molar-refractivity contribution is -0.192. The first-order valence-electron chi connectivity index (χ1n) is 8.32. The lowest BCUT2D eigenvalue weighted by Gasteiger charge is -2.42. The Kier molecular flexibility index (Phi) is 6.39. The Morgan fingerprint density at radius 2 is 1.82 bits per heavy atom. The molecule has 1 aliphatic rings. The van der Waals surface area contributed by atoms with Gasteiger partial charge in [-0.3, -0.25) is 4.79 Å². The van der Waals surface area contributed by atoms with Gasteiger partial charge in [0.15, 0.2) is 0 Å². The molecule has 0 bridgehead atoms. The summed E-state index contributed by atoms with van der Waals surface area (Å²) in [6.45, 7) is 6.34. The third-order valence-corrected chi connectivity index (χ3v) is 3.99. The summed E-state index contributed by atoms with van der Waals surface area (Å²) in [5.41, 5.74) is 0.664. The van der Waals surface area contributed by atoms with Crippen molar-refractivity contribution in [2.75, 3.05) is 19.6 Å². The van der Waals surface area contributed by atoms with Crippen molar-refractivity contribution >= 4 is 11.9 Å². The van der Waals surface area contributed by atoms with Crippen LogP contribution in [-0.4, -0.2) is 68.0 Å². The molecule has 11 heteroatoms. The van der Waals surface area contributed by atoms with Crippen LogP contribution >= 0.6 is 0 Å². The highest BCUT2D eigenvalue weighted by Crippen LogP contribution is 2.18. The van der Waals surface area contributed by atoms with E-state index >= 15 is 0 Å². The van der Waals surface area contributed by atoms with Gasteiger partial charge in [0.25, 0.3) is 5.91 Å².